The highest BCUT2D eigenvalue weighted by atomic mass is 35.5. The molecule has 12 nitrogen and oxygen atoms in total. The van der Waals surface area contributed by atoms with Crippen molar-refractivity contribution in [2.45, 2.75) is 6.18 Å². The summed E-state index contributed by atoms with van der Waals surface area (Å²) < 4.78 is 39.0. The van der Waals surface area contributed by atoms with Gasteiger partial charge in [0.1, 0.15) is 6.33 Å². The monoisotopic (exact) mass is 497 g/mol. The Bertz CT molecular complexity index is 1270. The number of anilines is 3. The number of amides is 1. The third-order valence-corrected chi connectivity index (χ3v) is 4.52. The fourth-order valence-corrected chi connectivity index (χ4v) is 2.75. The molecule has 0 bridgehead atoms. The molecule has 3 rings (SSSR count). The number of hydrogen-bond acceptors (Lipinski definition) is 9. The number of carbonyl (C=O) groups excluding carboxylic acids is 1. The minimum absolute atomic E-state index is 0.0103. The number of hydrogen-bond donors (Lipinski definition) is 3. The maximum absolute atomic E-state index is 13.0. The molecule has 3 aromatic rings. The van der Waals surface area contributed by atoms with Gasteiger partial charge in [0.2, 0.25) is 11.6 Å². The molecule has 0 aliphatic rings. The lowest BCUT2D eigenvalue weighted by molar-refractivity contribution is -0.384. The number of nitro benzene ring substituents is 1. The third kappa shape index (κ3) is 5.44. The van der Waals surface area contributed by atoms with E-state index in [4.69, 9.17) is 11.6 Å². The molecule has 0 radical (unpaired) electrons. The summed E-state index contributed by atoms with van der Waals surface area (Å²) >= 11 is 5.91. The van der Waals surface area contributed by atoms with Crippen molar-refractivity contribution < 1.29 is 27.8 Å². The van der Waals surface area contributed by atoms with Gasteiger partial charge in [0.05, 0.1) is 26.1 Å². The Morgan fingerprint density at radius 3 is 2.21 bits per heavy atom. The van der Waals surface area contributed by atoms with E-state index in [1.54, 1.807) is 0 Å². The van der Waals surface area contributed by atoms with Crippen LogP contribution < -0.4 is 16.2 Å². The minimum Gasteiger partial charge on any atom is -0.333 e. The predicted octanol–water partition coefficient (Wildman–Crippen LogP) is 4.47. The van der Waals surface area contributed by atoms with E-state index in [-0.39, 0.29) is 22.0 Å². The van der Waals surface area contributed by atoms with Crippen LogP contribution in [0.5, 0.6) is 0 Å². The van der Waals surface area contributed by atoms with Crippen LogP contribution in [0.4, 0.5) is 41.9 Å². The van der Waals surface area contributed by atoms with Gasteiger partial charge in [-0.15, -0.1) is 0 Å². The van der Waals surface area contributed by atoms with E-state index in [0.717, 1.165) is 42.7 Å². The molecule has 16 heteroatoms. The minimum atomic E-state index is -4.69. The lowest BCUT2D eigenvalue weighted by atomic mass is 10.2. The van der Waals surface area contributed by atoms with Crippen molar-refractivity contribution in [1.82, 2.24) is 15.4 Å². The van der Waals surface area contributed by atoms with Crippen molar-refractivity contribution in [1.29, 1.82) is 0 Å². The molecule has 0 aliphatic heterocycles. The molecule has 34 heavy (non-hydrogen) atoms. The summed E-state index contributed by atoms with van der Waals surface area (Å²) in [6, 6.07) is 6.84. The van der Waals surface area contributed by atoms with Gasteiger partial charge in [0.15, 0.2) is 0 Å². The molecule has 0 aliphatic carbocycles. The predicted molar refractivity (Wildman–Crippen MR) is 113 cm³/mol. The van der Waals surface area contributed by atoms with E-state index < -0.39 is 44.8 Å². The lowest BCUT2D eigenvalue weighted by Gasteiger charge is -2.13. The molecule has 0 unspecified atom stereocenters. The number of benzene rings is 2. The molecule has 3 N–H and O–H groups in total. The Morgan fingerprint density at radius 2 is 1.62 bits per heavy atom. The zero-order chi connectivity index (χ0) is 25.0. The average Bonchev–Trinajstić information content (AvgIpc) is 2.78. The summed E-state index contributed by atoms with van der Waals surface area (Å²) in [4.78, 5) is 40.3. The van der Waals surface area contributed by atoms with Gasteiger partial charge in [-0.1, -0.05) is 11.6 Å². The molecule has 1 amide bonds. The van der Waals surface area contributed by atoms with Gasteiger partial charge in [0.25, 0.3) is 11.6 Å². The molecule has 0 saturated carbocycles. The van der Waals surface area contributed by atoms with Crippen LogP contribution in [0.3, 0.4) is 0 Å². The van der Waals surface area contributed by atoms with E-state index in [1.807, 2.05) is 0 Å². The number of alkyl halides is 3. The Hall–Kier alpha value is -4.53. The number of carbonyl (C=O) groups is 1. The Labute approximate surface area is 192 Å². The second-order valence-corrected chi connectivity index (χ2v) is 6.78. The third-order valence-electron chi connectivity index (χ3n) is 4.19. The van der Waals surface area contributed by atoms with Crippen LogP contribution in [0, 0.1) is 20.2 Å². The number of aromatic nitrogens is 2. The summed E-state index contributed by atoms with van der Waals surface area (Å²) in [7, 11) is 0. The van der Waals surface area contributed by atoms with Crippen molar-refractivity contribution in [3.8, 4) is 0 Å². The van der Waals surface area contributed by atoms with Gasteiger partial charge in [0, 0.05) is 17.7 Å². The van der Waals surface area contributed by atoms with Gasteiger partial charge in [-0.2, -0.15) is 13.2 Å². The molecule has 0 atom stereocenters. The highest BCUT2D eigenvalue weighted by Crippen LogP contribution is 2.37. The highest BCUT2D eigenvalue weighted by Gasteiger charge is 2.31. The van der Waals surface area contributed by atoms with Crippen molar-refractivity contribution in [3.05, 3.63) is 85.2 Å². The van der Waals surface area contributed by atoms with E-state index in [1.165, 1.54) is 0 Å². The van der Waals surface area contributed by atoms with Gasteiger partial charge in [-0.3, -0.25) is 35.9 Å². The van der Waals surface area contributed by atoms with Crippen LogP contribution in [0.1, 0.15) is 15.9 Å². The van der Waals surface area contributed by atoms with Crippen LogP contribution in [-0.2, 0) is 6.18 Å². The van der Waals surface area contributed by atoms with E-state index in [9.17, 15) is 38.2 Å². The van der Waals surface area contributed by atoms with Crippen LogP contribution >= 0.6 is 11.6 Å². The average molecular weight is 498 g/mol. The maximum Gasteiger partial charge on any atom is 0.416 e. The Balaban J connectivity index is 1.85. The van der Waals surface area contributed by atoms with Crippen LogP contribution in [0.15, 0.2) is 48.8 Å². The van der Waals surface area contributed by atoms with Gasteiger partial charge in [-0.05, 0) is 30.3 Å². The van der Waals surface area contributed by atoms with E-state index >= 15 is 0 Å². The summed E-state index contributed by atoms with van der Waals surface area (Å²) in [6.45, 7) is 0. The van der Waals surface area contributed by atoms with Gasteiger partial charge >= 0.3 is 11.9 Å². The molecular weight excluding hydrogens is 487 g/mol. The largest absolute Gasteiger partial charge is 0.416 e. The smallest absolute Gasteiger partial charge is 0.333 e. The normalized spacial score (nSPS) is 10.9. The lowest BCUT2D eigenvalue weighted by Crippen LogP contribution is -2.30. The van der Waals surface area contributed by atoms with Gasteiger partial charge in [-0.25, -0.2) is 9.97 Å². The van der Waals surface area contributed by atoms with Crippen molar-refractivity contribution in [2.24, 2.45) is 0 Å². The number of hydrazine groups is 1. The second kappa shape index (κ2) is 9.53. The standard InChI is InChI=1S/C18H11ClF3N7O5/c19-12-6-3-10(18(20,21)22)7-13(12)25-15-14(29(33)34)16(24-8-23-15)26-27-17(30)9-1-4-11(5-2-9)28(31)32/h1-8H,(H,27,30)(H2,23,24,25,26). The highest BCUT2D eigenvalue weighted by molar-refractivity contribution is 6.33. The quantitative estimate of drug-likeness (QED) is 0.315. The van der Waals surface area contributed by atoms with Crippen LogP contribution in [0.2, 0.25) is 5.02 Å². The van der Waals surface area contributed by atoms with Crippen molar-refractivity contribution in [2.75, 3.05) is 10.7 Å². The first-order valence-corrected chi connectivity index (χ1v) is 9.29. The van der Waals surface area contributed by atoms with Crippen molar-refractivity contribution >= 4 is 46.2 Å². The Morgan fingerprint density at radius 1 is 0.971 bits per heavy atom. The first-order valence-electron chi connectivity index (χ1n) is 8.91. The molecule has 0 spiro atoms. The second-order valence-electron chi connectivity index (χ2n) is 6.38. The van der Waals surface area contributed by atoms with Crippen LogP contribution in [0.25, 0.3) is 0 Å². The summed E-state index contributed by atoms with van der Waals surface area (Å²) in [5.41, 5.74) is 1.94. The van der Waals surface area contributed by atoms with Gasteiger partial charge < -0.3 is 5.32 Å². The first kappa shape index (κ1) is 24.1. The van der Waals surface area contributed by atoms with Crippen molar-refractivity contribution in [3.63, 3.8) is 0 Å². The number of halogens is 4. The molecule has 2 aromatic carbocycles. The molecular formula is C18H11ClF3N7O5. The zero-order valence-corrected chi connectivity index (χ0v) is 17.2. The number of nitro groups is 2. The number of nitrogens with zero attached hydrogens (tertiary/aromatic N) is 4. The SMILES string of the molecule is O=C(NNc1ncnc(Nc2cc(C(F)(F)F)ccc2Cl)c1[N+](=O)[O-])c1ccc([N+](=O)[O-])cc1. The summed E-state index contributed by atoms with van der Waals surface area (Å²) in [6.07, 6.45) is -3.83. The number of nitrogens with one attached hydrogen (secondary N) is 3. The molecule has 1 heterocycles. The summed E-state index contributed by atoms with van der Waals surface area (Å²) in [5, 5.41) is 24.5. The molecule has 0 saturated heterocycles. The van der Waals surface area contributed by atoms with Crippen LogP contribution in [-0.4, -0.2) is 25.7 Å². The summed E-state index contributed by atoms with van der Waals surface area (Å²) in [5.74, 6) is -1.81. The number of non-ortho nitro benzene ring substituents is 1. The molecule has 0 fully saturated rings. The van der Waals surface area contributed by atoms with E-state index in [0.29, 0.717) is 6.07 Å². The fourth-order valence-electron chi connectivity index (χ4n) is 2.58. The maximum atomic E-state index is 13.0. The Kier molecular flexibility index (Phi) is 6.76. The first-order chi connectivity index (χ1) is 16.0. The topological polar surface area (TPSA) is 165 Å². The molecule has 176 valence electrons. The molecule has 1 aromatic heterocycles. The zero-order valence-electron chi connectivity index (χ0n) is 16.5. The number of rotatable bonds is 7. The van der Waals surface area contributed by atoms with E-state index in [2.05, 4.69) is 26.1 Å². The fraction of sp³-hybridized carbons (Fsp3) is 0.0556.